The molecule has 0 aliphatic carbocycles. The number of hydrogen-bond acceptors (Lipinski definition) is 4. The third kappa shape index (κ3) is 4.82. The van der Waals surface area contributed by atoms with Gasteiger partial charge in [-0.1, -0.05) is 28.1 Å². The van der Waals surface area contributed by atoms with Crippen LogP contribution in [0.4, 0.5) is 0 Å². The lowest BCUT2D eigenvalue weighted by molar-refractivity contribution is -0.137. The van der Waals surface area contributed by atoms with Crippen LogP contribution in [0.25, 0.3) is 0 Å². The monoisotopic (exact) mass is 302 g/mol. The van der Waals surface area contributed by atoms with E-state index < -0.39 is 12.0 Å². The lowest BCUT2D eigenvalue weighted by Crippen LogP contribution is -2.42. The highest BCUT2D eigenvalue weighted by Gasteiger charge is 2.17. The number of benzene rings is 1. The van der Waals surface area contributed by atoms with Gasteiger partial charge in [-0.3, -0.25) is 10.2 Å². The van der Waals surface area contributed by atoms with Crippen LogP contribution in [0.15, 0.2) is 28.7 Å². The van der Waals surface area contributed by atoms with Crippen molar-refractivity contribution in [2.24, 2.45) is 5.84 Å². The second-order valence-corrected chi connectivity index (χ2v) is 4.31. The van der Waals surface area contributed by atoms with Gasteiger partial charge in [-0.2, -0.15) is 0 Å². The van der Waals surface area contributed by atoms with Crippen LogP contribution in [-0.2, 0) is 20.9 Å². The van der Waals surface area contributed by atoms with E-state index in [-0.39, 0.29) is 6.61 Å². The van der Waals surface area contributed by atoms with E-state index in [2.05, 4.69) is 15.9 Å². The number of ether oxygens (including phenoxy) is 2. The maximum absolute atomic E-state index is 11.3. The predicted molar refractivity (Wildman–Crippen MR) is 66.9 cm³/mol. The minimum atomic E-state index is -0.700. The molecule has 0 spiro atoms. The molecule has 1 rings (SSSR count). The van der Waals surface area contributed by atoms with Gasteiger partial charge in [-0.25, -0.2) is 5.84 Å². The Hall–Kier alpha value is -0.950. The smallest absolute Gasteiger partial charge is 0.265 e. The third-order valence-corrected chi connectivity index (χ3v) is 2.65. The minimum absolute atomic E-state index is 0.166. The van der Waals surface area contributed by atoms with Gasteiger partial charge in [0, 0.05) is 11.6 Å². The fourth-order valence-corrected chi connectivity index (χ4v) is 1.49. The lowest BCUT2D eigenvalue weighted by atomic mass is 10.2. The summed E-state index contributed by atoms with van der Waals surface area (Å²) in [6.07, 6.45) is -0.700. The Morgan fingerprint density at radius 1 is 1.47 bits per heavy atom. The molecule has 0 aromatic heterocycles. The largest absolute Gasteiger partial charge is 0.381 e. The number of halogens is 1. The average Bonchev–Trinajstić information content (AvgIpc) is 2.35. The first kappa shape index (κ1) is 14.1. The molecule has 0 saturated heterocycles. The second-order valence-electron chi connectivity index (χ2n) is 3.39. The van der Waals surface area contributed by atoms with Gasteiger partial charge < -0.3 is 9.47 Å². The quantitative estimate of drug-likeness (QED) is 0.466. The van der Waals surface area contributed by atoms with Crippen LogP contribution in [0, 0.1) is 0 Å². The zero-order valence-corrected chi connectivity index (χ0v) is 11.1. The van der Waals surface area contributed by atoms with E-state index in [0.717, 1.165) is 10.0 Å². The number of methoxy groups -OCH3 is 1. The van der Waals surface area contributed by atoms with Crippen LogP contribution < -0.4 is 11.3 Å². The molecule has 1 unspecified atom stereocenters. The van der Waals surface area contributed by atoms with Gasteiger partial charge in [0.15, 0.2) is 6.10 Å². The highest BCUT2D eigenvalue weighted by Crippen LogP contribution is 2.11. The highest BCUT2D eigenvalue weighted by atomic mass is 79.9. The summed E-state index contributed by atoms with van der Waals surface area (Å²) in [5.74, 6) is 4.65. The fraction of sp³-hybridized carbons (Fsp3) is 0.364. The first-order chi connectivity index (χ1) is 8.17. The number of amides is 1. The van der Waals surface area contributed by atoms with Crippen molar-refractivity contribution in [1.82, 2.24) is 5.43 Å². The summed E-state index contributed by atoms with van der Waals surface area (Å²) >= 11 is 3.34. The molecule has 17 heavy (non-hydrogen) atoms. The van der Waals surface area contributed by atoms with Crippen molar-refractivity contribution in [3.8, 4) is 0 Å². The summed E-state index contributed by atoms with van der Waals surface area (Å²) in [6.45, 7) is 0.494. The number of hydrogen-bond donors (Lipinski definition) is 2. The summed E-state index contributed by atoms with van der Waals surface area (Å²) in [7, 11) is 1.50. The van der Waals surface area contributed by atoms with Crippen LogP contribution in [0.5, 0.6) is 0 Å². The molecule has 0 heterocycles. The van der Waals surface area contributed by atoms with Crippen LogP contribution in [-0.4, -0.2) is 25.7 Å². The third-order valence-electron chi connectivity index (χ3n) is 2.12. The summed E-state index contributed by atoms with van der Waals surface area (Å²) < 4.78 is 11.3. The zero-order valence-electron chi connectivity index (χ0n) is 9.48. The van der Waals surface area contributed by atoms with Gasteiger partial charge in [0.2, 0.25) is 0 Å². The Bertz CT molecular complexity index is 356. The Kier molecular flexibility index (Phi) is 6.13. The van der Waals surface area contributed by atoms with Gasteiger partial charge in [0.05, 0.1) is 13.2 Å². The van der Waals surface area contributed by atoms with Crippen molar-refractivity contribution < 1.29 is 14.3 Å². The molecular formula is C11H15BrN2O3. The minimum Gasteiger partial charge on any atom is -0.381 e. The maximum Gasteiger partial charge on any atom is 0.265 e. The number of hydrazine groups is 1. The van der Waals surface area contributed by atoms with E-state index in [0.29, 0.717) is 6.61 Å². The van der Waals surface area contributed by atoms with Crippen molar-refractivity contribution in [3.63, 3.8) is 0 Å². The summed E-state index contributed by atoms with van der Waals surface area (Å²) in [6, 6.07) is 7.64. The first-order valence-corrected chi connectivity index (χ1v) is 5.82. The van der Waals surface area contributed by atoms with Crippen LogP contribution in [0.3, 0.4) is 0 Å². The number of nitrogens with one attached hydrogen (secondary N) is 1. The highest BCUT2D eigenvalue weighted by molar-refractivity contribution is 9.10. The molecule has 0 saturated carbocycles. The van der Waals surface area contributed by atoms with Gasteiger partial charge in [-0.15, -0.1) is 0 Å². The van der Waals surface area contributed by atoms with Crippen LogP contribution in [0.2, 0.25) is 0 Å². The lowest BCUT2D eigenvalue weighted by Gasteiger charge is -2.15. The summed E-state index contributed by atoms with van der Waals surface area (Å²) in [5.41, 5.74) is 3.02. The molecule has 5 nitrogen and oxygen atoms in total. The molecule has 0 aliphatic rings. The normalized spacial score (nSPS) is 12.2. The van der Waals surface area contributed by atoms with E-state index >= 15 is 0 Å². The summed E-state index contributed by atoms with van der Waals surface area (Å²) in [4.78, 5) is 11.3. The number of carbonyl (C=O) groups excluding carboxylic acids is 1. The van der Waals surface area contributed by atoms with Crippen molar-refractivity contribution >= 4 is 21.8 Å². The molecule has 0 aliphatic heterocycles. The molecule has 1 aromatic rings. The molecule has 0 bridgehead atoms. The van der Waals surface area contributed by atoms with Crippen molar-refractivity contribution in [1.29, 1.82) is 0 Å². The molecular weight excluding hydrogens is 288 g/mol. The maximum atomic E-state index is 11.3. The number of carbonyl (C=O) groups is 1. The molecule has 1 atom stereocenters. The van der Waals surface area contributed by atoms with E-state index in [9.17, 15) is 4.79 Å². The summed E-state index contributed by atoms with van der Waals surface area (Å²) in [5, 5.41) is 0. The van der Waals surface area contributed by atoms with E-state index in [4.69, 9.17) is 15.3 Å². The van der Waals surface area contributed by atoms with Crippen LogP contribution >= 0.6 is 15.9 Å². The van der Waals surface area contributed by atoms with Gasteiger partial charge >= 0.3 is 0 Å². The topological polar surface area (TPSA) is 73.6 Å². The van der Waals surface area contributed by atoms with E-state index in [1.807, 2.05) is 29.7 Å². The van der Waals surface area contributed by atoms with Crippen molar-refractivity contribution in [2.45, 2.75) is 12.7 Å². The SMILES string of the molecule is COCC(OCc1ccc(Br)cc1)C(=O)NN. The Labute approximate surface area is 108 Å². The Morgan fingerprint density at radius 3 is 2.65 bits per heavy atom. The predicted octanol–water partition coefficient (Wildman–Crippen LogP) is 0.971. The molecule has 1 aromatic carbocycles. The van der Waals surface area contributed by atoms with Gasteiger partial charge in [0.25, 0.3) is 5.91 Å². The molecule has 0 fully saturated rings. The molecule has 3 N–H and O–H groups in total. The van der Waals surface area contributed by atoms with E-state index in [1.54, 1.807) is 0 Å². The molecule has 94 valence electrons. The van der Waals surface area contributed by atoms with Crippen molar-refractivity contribution in [2.75, 3.05) is 13.7 Å². The zero-order chi connectivity index (χ0) is 12.7. The second kappa shape index (κ2) is 7.39. The van der Waals surface area contributed by atoms with Crippen molar-refractivity contribution in [3.05, 3.63) is 34.3 Å². The Balaban J connectivity index is 2.51. The fourth-order valence-electron chi connectivity index (χ4n) is 1.22. The first-order valence-electron chi connectivity index (χ1n) is 5.02. The van der Waals surface area contributed by atoms with Crippen LogP contribution in [0.1, 0.15) is 5.56 Å². The number of nitrogens with two attached hydrogens (primary N) is 1. The standard InChI is InChI=1S/C11H15BrN2O3/c1-16-7-10(11(15)14-13)17-6-8-2-4-9(12)5-3-8/h2-5,10H,6-7,13H2,1H3,(H,14,15). The van der Waals surface area contributed by atoms with E-state index in [1.165, 1.54) is 7.11 Å². The van der Waals surface area contributed by atoms with Gasteiger partial charge in [0.1, 0.15) is 0 Å². The molecule has 6 heteroatoms. The number of rotatable bonds is 6. The Morgan fingerprint density at radius 2 is 2.12 bits per heavy atom. The average molecular weight is 303 g/mol. The molecule has 0 radical (unpaired) electrons. The van der Waals surface area contributed by atoms with Gasteiger partial charge in [-0.05, 0) is 17.7 Å². The molecule has 1 amide bonds.